The van der Waals surface area contributed by atoms with Crippen LogP contribution in [0.15, 0.2) is 0 Å². The van der Waals surface area contributed by atoms with E-state index in [4.69, 9.17) is 0 Å². The van der Waals surface area contributed by atoms with E-state index in [1.807, 2.05) is 6.92 Å². The van der Waals surface area contributed by atoms with Gasteiger partial charge in [0.25, 0.3) is 0 Å². The molecular weight excluding hydrogens is 308 g/mol. The zero-order valence-corrected chi connectivity index (χ0v) is 17.4. The normalized spacial score (nSPS) is 12.3. The standard InChI is InChI=1S/C23H44O2/c1-4-6-8-10-12-14-16-18-20-22(24)23(25)21(3)19-17-15-13-11-9-7-5-2/h21H,4-20H2,1-3H3. The van der Waals surface area contributed by atoms with E-state index in [2.05, 4.69) is 13.8 Å². The minimum absolute atomic E-state index is 0.0721. The van der Waals surface area contributed by atoms with Crippen LogP contribution >= 0.6 is 0 Å². The summed E-state index contributed by atoms with van der Waals surface area (Å²) < 4.78 is 0. The maximum atomic E-state index is 12.1. The van der Waals surface area contributed by atoms with Crippen LogP contribution in [0.1, 0.15) is 130 Å². The van der Waals surface area contributed by atoms with Gasteiger partial charge >= 0.3 is 0 Å². The molecule has 0 rings (SSSR count). The van der Waals surface area contributed by atoms with E-state index in [0.29, 0.717) is 6.42 Å². The molecule has 0 aliphatic rings. The molecule has 0 saturated carbocycles. The smallest absolute Gasteiger partial charge is 0.201 e. The molecule has 0 radical (unpaired) electrons. The molecule has 0 bridgehead atoms. The van der Waals surface area contributed by atoms with Gasteiger partial charge in [-0.25, -0.2) is 0 Å². The summed E-state index contributed by atoms with van der Waals surface area (Å²) in [7, 11) is 0. The van der Waals surface area contributed by atoms with Gasteiger partial charge in [-0.15, -0.1) is 0 Å². The number of hydrogen-bond acceptors (Lipinski definition) is 2. The van der Waals surface area contributed by atoms with Gasteiger partial charge in [-0.2, -0.15) is 0 Å². The van der Waals surface area contributed by atoms with Crippen molar-refractivity contribution in [2.24, 2.45) is 5.92 Å². The van der Waals surface area contributed by atoms with Gasteiger partial charge in [0.1, 0.15) is 0 Å². The monoisotopic (exact) mass is 352 g/mol. The first-order valence-corrected chi connectivity index (χ1v) is 11.2. The second-order valence-corrected chi connectivity index (χ2v) is 7.82. The van der Waals surface area contributed by atoms with Gasteiger partial charge < -0.3 is 0 Å². The van der Waals surface area contributed by atoms with Crippen LogP contribution in [0.2, 0.25) is 0 Å². The molecule has 0 saturated heterocycles. The molecule has 0 heterocycles. The second kappa shape index (κ2) is 18.1. The fraction of sp³-hybridized carbons (Fsp3) is 0.913. The van der Waals surface area contributed by atoms with Crippen molar-refractivity contribution in [2.45, 2.75) is 130 Å². The highest BCUT2D eigenvalue weighted by Gasteiger charge is 2.20. The number of hydrogen-bond donors (Lipinski definition) is 0. The van der Waals surface area contributed by atoms with Gasteiger partial charge in [-0.1, -0.05) is 111 Å². The zero-order chi connectivity index (χ0) is 18.8. The Morgan fingerprint density at radius 1 is 0.600 bits per heavy atom. The number of carbonyl (C=O) groups is 2. The lowest BCUT2D eigenvalue weighted by atomic mass is 9.93. The Labute approximate surface area is 157 Å². The Hall–Kier alpha value is -0.660. The fourth-order valence-corrected chi connectivity index (χ4v) is 3.36. The van der Waals surface area contributed by atoms with Crippen molar-refractivity contribution in [3.8, 4) is 0 Å². The molecule has 0 aromatic carbocycles. The van der Waals surface area contributed by atoms with E-state index in [9.17, 15) is 9.59 Å². The molecule has 2 heteroatoms. The minimum atomic E-state index is -0.124. The molecule has 0 aromatic rings. The lowest BCUT2D eigenvalue weighted by molar-refractivity contribution is -0.138. The first-order chi connectivity index (χ1) is 12.1. The Balaban J connectivity index is 3.57. The third kappa shape index (κ3) is 15.3. The molecule has 1 unspecified atom stereocenters. The molecule has 0 aliphatic heterocycles. The summed E-state index contributed by atoms with van der Waals surface area (Å²) in [6, 6.07) is 0. The van der Waals surface area contributed by atoms with Gasteiger partial charge in [0.05, 0.1) is 0 Å². The van der Waals surface area contributed by atoms with E-state index < -0.39 is 0 Å². The molecule has 1 atom stereocenters. The Kier molecular flexibility index (Phi) is 17.7. The van der Waals surface area contributed by atoms with Gasteiger partial charge in [0.15, 0.2) is 5.78 Å². The van der Waals surface area contributed by atoms with E-state index in [1.165, 1.54) is 77.0 Å². The third-order valence-electron chi connectivity index (χ3n) is 5.22. The molecule has 0 aromatic heterocycles. The largest absolute Gasteiger partial charge is 0.291 e. The second-order valence-electron chi connectivity index (χ2n) is 7.82. The molecule has 25 heavy (non-hydrogen) atoms. The van der Waals surface area contributed by atoms with Crippen LogP contribution in [-0.4, -0.2) is 11.6 Å². The van der Waals surface area contributed by atoms with E-state index >= 15 is 0 Å². The summed E-state index contributed by atoms with van der Waals surface area (Å²) in [6.45, 7) is 6.40. The average Bonchev–Trinajstić information content (AvgIpc) is 2.62. The lowest BCUT2D eigenvalue weighted by Crippen LogP contribution is -2.21. The van der Waals surface area contributed by atoms with Crippen LogP contribution in [0.25, 0.3) is 0 Å². The molecular formula is C23H44O2. The maximum absolute atomic E-state index is 12.1. The quantitative estimate of drug-likeness (QED) is 0.179. The van der Waals surface area contributed by atoms with Crippen LogP contribution in [0.5, 0.6) is 0 Å². The SMILES string of the molecule is CCCCCCCCCCC(=O)C(=O)C(C)CCCCCCCCC. The van der Waals surface area contributed by atoms with Gasteiger partial charge in [0.2, 0.25) is 5.78 Å². The summed E-state index contributed by atoms with van der Waals surface area (Å²) in [5.41, 5.74) is 0. The van der Waals surface area contributed by atoms with Gasteiger partial charge in [-0.05, 0) is 12.8 Å². The van der Waals surface area contributed by atoms with Crippen molar-refractivity contribution >= 4 is 11.6 Å². The van der Waals surface area contributed by atoms with Crippen molar-refractivity contribution in [1.29, 1.82) is 0 Å². The Bertz CT molecular complexity index is 322. The van der Waals surface area contributed by atoms with Gasteiger partial charge in [0, 0.05) is 12.3 Å². The Morgan fingerprint density at radius 3 is 1.48 bits per heavy atom. The van der Waals surface area contributed by atoms with Crippen LogP contribution in [0.4, 0.5) is 0 Å². The molecule has 0 spiro atoms. The molecule has 0 aliphatic carbocycles. The van der Waals surface area contributed by atoms with Crippen LogP contribution in [0, 0.1) is 5.92 Å². The van der Waals surface area contributed by atoms with Crippen molar-refractivity contribution in [3.63, 3.8) is 0 Å². The maximum Gasteiger partial charge on any atom is 0.201 e. The molecule has 0 amide bonds. The molecule has 148 valence electrons. The summed E-state index contributed by atoms with van der Waals surface area (Å²) >= 11 is 0. The average molecular weight is 353 g/mol. The van der Waals surface area contributed by atoms with Crippen molar-refractivity contribution in [1.82, 2.24) is 0 Å². The highest BCUT2D eigenvalue weighted by Crippen LogP contribution is 2.15. The van der Waals surface area contributed by atoms with Crippen LogP contribution in [-0.2, 0) is 9.59 Å². The molecule has 0 N–H and O–H groups in total. The van der Waals surface area contributed by atoms with Crippen LogP contribution < -0.4 is 0 Å². The predicted molar refractivity (Wildman–Crippen MR) is 109 cm³/mol. The summed E-state index contributed by atoms with van der Waals surface area (Å²) in [4.78, 5) is 24.2. The highest BCUT2D eigenvalue weighted by atomic mass is 16.2. The van der Waals surface area contributed by atoms with Crippen molar-refractivity contribution in [3.05, 3.63) is 0 Å². The van der Waals surface area contributed by atoms with E-state index in [0.717, 1.165) is 25.7 Å². The molecule has 2 nitrogen and oxygen atoms in total. The topological polar surface area (TPSA) is 34.1 Å². The van der Waals surface area contributed by atoms with Crippen LogP contribution in [0.3, 0.4) is 0 Å². The Morgan fingerprint density at radius 2 is 1.00 bits per heavy atom. The highest BCUT2D eigenvalue weighted by molar-refractivity contribution is 6.37. The summed E-state index contributed by atoms with van der Waals surface area (Å²) in [6.07, 6.45) is 19.9. The predicted octanol–water partition coefficient (Wildman–Crippen LogP) is 7.43. The van der Waals surface area contributed by atoms with Crippen molar-refractivity contribution < 1.29 is 9.59 Å². The third-order valence-corrected chi connectivity index (χ3v) is 5.22. The van der Waals surface area contributed by atoms with E-state index in [-0.39, 0.29) is 17.5 Å². The lowest BCUT2D eigenvalue weighted by Gasteiger charge is -2.09. The van der Waals surface area contributed by atoms with E-state index in [1.54, 1.807) is 0 Å². The summed E-state index contributed by atoms with van der Waals surface area (Å²) in [5.74, 6) is -0.312. The number of ketones is 2. The number of rotatable bonds is 19. The number of carbonyl (C=O) groups excluding carboxylic acids is 2. The zero-order valence-electron chi connectivity index (χ0n) is 17.4. The number of unbranched alkanes of at least 4 members (excludes halogenated alkanes) is 13. The minimum Gasteiger partial charge on any atom is -0.291 e. The summed E-state index contributed by atoms with van der Waals surface area (Å²) in [5, 5.41) is 0. The number of Topliss-reactive ketones (excluding diaryl/α,β-unsaturated/α-hetero) is 2. The first kappa shape index (κ1) is 24.3. The molecule has 0 fully saturated rings. The fourth-order valence-electron chi connectivity index (χ4n) is 3.36. The van der Waals surface area contributed by atoms with Crippen molar-refractivity contribution in [2.75, 3.05) is 0 Å². The van der Waals surface area contributed by atoms with Gasteiger partial charge in [-0.3, -0.25) is 9.59 Å². The first-order valence-electron chi connectivity index (χ1n) is 11.2.